The molecule has 56 heavy (non-hydrogen) atoms. The molecule has 0 unspecified atom stereocenters. The minimum Gasteiger partial charge on any atom is -0.496 e. The molecule has 9 atom stereocenters. The number of hydrogen-bond acceptors (Lipinski definition) is 10. The Morgan fingerprint density at radius 1 is 1.09 bits per heavy atom. The van der Waals surface area contributed by atoms with E-state index in [4.69, 9.17) is 9.57 Å². The summed E-state index contributed by atoms with van der Waals surface area (Å²) in [7, 11) is 8.72. The highest BCUT2D eigenvalue weighted by Crippen LogP contribution is 2.61. The second kappa shape index (κ2) is 16.8. The van der Waals surface area contributed by atoms with Crippen LogP contribution < -0.4 is 20.3 Å². The molecule has 2 bridgehead atoms. The Morgan fingerprint density at radius 2 is 1.84 bits per heavy atom. The van der Waals surface area contributed by atoms with Crippen molar-refractivity contribution in [2.75, 3.05) is 46.8 Å². The van der Waals surface area contributed by atoms with Crippen LogP contribution in [0.2, 0.25) is 0 Å². The Balaban J connectivity index is 1.29. The molecule has 2 heterocycles. The van der Waals surface area contributed by atoms with Crippen molar-refractivity contribution < 1.29 is 34.2 Å². The zero-order valence-corrected chi connectivity index (χ0v) is 34.9. The first-order valence-electron chi connectivity index (χ1n) is 19.6. The van der Waals surface area contributed by atoms with Crippen molar-refractivity contribution in [3.05, 3.63) is 69.9 Å². The van der Waals surface area contributed by atoms with E-state index in [1.807, 2.05) is 60.8 Å². The first-order chi connectivity index (χ1) is 26.5. The summed E-state index contributed by atoms with van der Waals surface area (Å²) in [6.45, 7) is 8.28. The number of hydroxylamine groups is 2. The number of anilines is 1. The average molecular weight is 790 g/mol. The highest BCUT2D eigenvalue weighted by molar-refractivity contribution is 7.09. The van der Waals surface area contributed by atoms with Gasteiger partial charge in [0.2, 0.25) is 11.8 Å². The number of likely N-dealkylation sites (N-methyl/N-ethyl adjacent to an activating group) is 1. The predicted octanol–water partition coefficient (Wildman–Crippen LogP) is 4.58. The van der Waals surface area contributed by atoms with Gasteiger partial charge in [0.15, 0.2) is 0 Å². The first kappa shape index (κ1) is 41.6. The summed E-state index contributed by atoms with van der Waals surface area (Å²) < 4.78 is 6.07. The van der Waals surface area contributed by atoms with Gasteiger partial charge in [-0.2, -0.15) is 5.06 Å². The predicted molar refractivity (Wildman–Crippen MR) is 218 cm³/mol. The Bertz CT molecular complexity index is 1880. The van der Waals surface area contributed by atoms with Gasteiger partial charge in [0, 0.05) is 73.8 Å². The fraction of sp³-hybridized carbons (Fsp3) is 0.558. The number of nitrogens with zero attached hydrogens (tertiary/aromatic N) is 3. The molecule has 13 heteroatoms. The topological polar surface area (TPSA) is 144 Å². The maximum atomic E-state index is 14.3. The number of thiophene rings is 1. The Hall–Kier alpha value is -4.01. The number of aliphatic hydroxyl groups is 2. The number of carbonyl (C=O) groups is 3. The zero-order chi connectivity index (χ0) is 40.6. The van der Waals surface area contributed by atoms with Gasteiger partial charge in [0.25, 0.3) is 5.91 Å². The van der Waals surface area contributed by atoms with E-state index in [1.165, 1.54) is 22.7 Å². The SMILES string of the molecule is COc1c(CN2O[C@@H](CO)[C@@H]([C@H](C)O)[C@H]2C(=O)N[C@H]2C[C@H]3C[C@@H]([C@@H]2C)C3(C)C)cccc1-c1cc(C(=O)N[C@@H](Cc2cccs2)C(=O)N(C)C)cc(N(C)C)c1. The van der Waals surface area contributed by atoms with Gasteiger partial charge in [-0.1, -0.05) is 45.0 Å². The third kappa shape index (κ3) is 8.20. The van der Waals surface area contributed by atoms with Crippen LogP contribution in [-0.4, -0.2) is 110 Å². The Morgan fingerprint density at radius 3 is 2.43 bits per heavy atom. The number of nitrogens with one attached hydrogen (secondary N) is 2. The standard InChI is InChI=1S/C43H59N5O7S/c1-24-33-19-29(43(33,3)4)20-34(24)44-41(52)38-37(25(2)50)36(23-49)55-48(38)22-26-12-10-14-32(39(26)54-9)27-16-28(18-30(17-27)46(5)6)40(51)45-35(42(53)47(7)8)21-31-13-11-15-56-31/h10-18,24-25,29,33-38,49-50H,19-23H2,1-9H3,(H,44,52)(H,45,51)/t24-,25-,29+,33-,34-,35-,36-,37+,38-/m0/s1. The number of hydrogen-bond donors (Lipinski definition) is 4. The second-order valence-corrected chi connectivity index (χ2v) is 18.0. The molecule has 4 fully saturated rings. The summed E-state index contributed by atoms with van der Waals surface area (Å²) in [4.78, 5) is 52.1. The molecule has 0 radical (unpaired) electrons. The average Bonchev–Trinajstić information content (AvgIpc) is 3.82. The Kier molecular flexibility index (Phi) is 12.5. The summed E-state index contributed by atoms with van der Waals surface area (Å²) in [5.41, 5.74) is 3.57. The zero-order valence-electron chi connectivity index (χ0n) is 34.1. The molecule has 12 nitrogen and oxygen atoms in total. The van der Waals surface area contributed by atoms with Crippen LogP contribution in [0.4, 0.5) is 5.69 Å². The molecule has 2 aromatic carbocycles. The molecule has 304 valence electrons. The maximum Gasteiger partial charge on any atom is 0.252 e. The minimum atomic E-state index is -0.923. The summed E-state index contributed by atoms with van der Waals surface area (Å²) in [6.07, 6.45) is 0.773. The number of carbonyl (C=O) groups excluding carboxylic acids is 3. The lowest BCUT2D eigenvalue weighted by atomic mass is 9.45. The molecule has 1 aromatic heterocycles. The van der Waals surface area contributed by atoms with E-state index in [0.29, 0.717) is 52.2 Å². The van der Waals surface area contributed by atoms with Crippen LogP contribution in [0.1, 0.15) is 61.3 Å². The fourth-order valence-corrected chi connectivity index (χ4v) is 10.1. The molecular weight excluding hydrogens is 731 g/mol. The normalized spacial score (nSPS) is 26.4. The van der Waals surface area contributed by atoms with Gasteiger partial charge in [0.1, 0.15) is 23.9 Å². The minimum absolute atomic E-state index is 0.0177. The van der Waals surface area contributed by atoms with Crippen molar-refractivity contribution >= 4 is 34.7 Å². The smallest absolute Gasteiger partial charge is 0.252 e. The van der Waals surface area contributed by atoms with Gasteiger partial charge in [-0.25, -0.2) is 0 Å². The van der Waals surface area contributed by atoms with E-state index in [-0.39, 0.29) is 42.3 Å². The summed E-state index contributed by atoms with van der Waals surface area (Å²) >= 11 is 1.54. The van der Waals surface area contributed by atoms with Gasteiger partial charge < -0.3 is 35.4 Å². The highest BCUT2D eigenvalue weighted by Gasteiger charge is 2.57. The molecule has 3 amide bonds. The van der Waals surface area contributed by atoms with Crippen molar-refractivity contribution in [2.24, 2.45) is 29.1 Å². The van der Waals surface area contributed by atoms with Crippen molar-refractivity contribution in [1.29, 1.82) is 0 Å². The van der Waals surface area contributed by atoms with Crippen molar-refractivity contribution in [3.63, 3.8) is 0 Å². The molecule has 1 saturated heterocycles. The van der Waals surface area contributed by atoms with Gasteiger partial charge >= 0.3 is 0 Å². The number of rotatable bonds is 14. The van der Waals surface area contributed by atoms with Crippen molar-refractivity contribution in [3.8, 4) is 16.9 Å². The van der Waals surface area contributed by atoms with Gasteiger partial charge in [-0.15, -0.1) is 11.3 Å². The molecule has 0 spiro atoms. The lowest BCUT2D eigenvalue weighted by Crippen LogP contribution is -2.62. The van der Waals surface area contributed by atoms with Crippen molar-refractivity contribution in [1.82, 2.24) is 20.6 Å². The van der Waals surface area contributed by atoms with Gasteiger partial charge in [-0.05, 0) is 78.1 Å². The number of amides is 3. The lowest BCUT2D eigenvalue weighted by Gasteiger charge is -2.62. The molecule has 4 aliphatic rings. The van der Waals surface area contributed by atoms with E-state index in [9.17, 15) is 24.6 Å². The molecule has 3 aliphatic carbocycles. The number of aliphatic hydroxyl groups excluding tert-OH is 2. The highest BCUT2D eigenvalue weighted by atomic mass is 32.1. The lowest BCUT2D eigenvalue weighted by molar-refractivity contribution is -0.183. The van der Waals surface area contributed by atoms with E-state index in [2.05, 4.69) is 31.4 Å². The van der Waals surface area contributed by atoms with Crippen LogP contribution in [0, 0.1) is 29.1 Å². The van der Waals surface area contributed by atoms with E-state index in [1.54, 1.807) is 45.3 Å². The maximum absolute atomic E-state index is 14.3. The fourth-order valence-electron chi connectivity index (χ4n) is 9.37. The monoisotopic (exact) mass is 789 g/mol. The second-order valence-electron chi connectivity index (χ2n) is 16.9. The van der Waals surface area contributed by atoms with Gasteiger partial charge in [-0.3, -0.25) is 19.2 Å². The number of benzene rings is 2. The third-order valence-electron chi connectivity index (χ3n) is 12.7. The molecule has 7 rings (SSSR count). The van der Waals surface area contributed by atoms with Crippen LogP contribution in [0.3, 0.4) is 0 Å². The number of ether oxygens (including phenoxy) is 1. The molecule has 1 aliphatic heterocycles. The van der Waals surface area contributed by atoms with Gasteiger partial charge in [0.05, 0.1) is 26.4 Å². The quantitative estimate of drug-likeness (QED) is 0.185. The molecule has 3 aromatic rings. The largest absolute Gasteiger partial charge is 0.496 e. The number of para-hydroxylation sites is 1. The van der Waals surface area contributed by atoms with E-state index in [0.717, 1.165) is 17.0 Å². The van der Waals surface area contributed by atoms with Crippen LogP contribution in [0.5, 0.6) is 5.75 Å². The summed E-state index contributed by atoms with van der Waals surface area (Å²) in [5.74, 6) is 0.469. The van der Waals surface area contributed by atoms with Crippen molar-refractivity contribution in [2.45, 2.75) is 83.8 Å². The number of fused-ring (bicyclic) bond motifs is 2. The van der Waals surface area contributed by atoms with Crippen LogP contribution in [0.25, 0.3) is 11.1 Å². The Labute approximate surface area is 335 Å². The van der Waals surface area contributed by atoms with Crippen LogP contribution in [0.15, 0.2) is 53.9 Å². The first-order valence-corrected chi connectivity index (χ1v) is 20.5. The number of methoxy groups -OCH3 is 1. The van der Waals surface area contributed by atoms with E-state index >= 15 is 0 Å². The van der Waals surface area contributed by atoms with E-state index < -0.39 is 30.2 Å². The van der Waals surface area contributed by atoms with Crippen LogP contribution in [-0.2, 0) is 27.4 Å². The summed E-state index contributed by atoms with van der Waals surface area (Å²) in [6, 6.07) is 13.5. The summed E-state index contributed by atoms with van der Waals surface area (Å²) in [5, 5.41) is 31.2. The van der Waals surface area contributed by atoms with Crippen LogP contribution >= 0.6 is 11.3 Å². The third-order valence-corrected chi connectivity index (χ3v) is 13.6. The molecule has 4 N–H and O–H groups in total. The molecule has 3 saturated carbocycles. The molecular formula is C43H59N5O7S.